The Morgan fingerprint density at radius 2 is 1.62 bits per heavy atom. The van der Waals surface area contributed by atoms with E-state index in [2.05, 4.69) is 27.7 Å². The second kappa shape index (κ2) is 3.22. The number of hydrogen-bond donors (Lipinski definition) is 0. The van der Waals surface area contributed by atoms with Crippen LogP contribution in [0.3, 0.4) is 0 Å². The van der Waals surface area contributed by atoms with E-state index in [0.717, 1.165) is 12.8 Å². The van der Waals surface area contributed by atoms with Gasteiger partial charge in [0, 0.05) is 0 Å². The number of epoxide rings is 1. The van der Waals surface area contributed by atoms with Crippen LogP contribution in [-0.2, 0) is 14.3 Å². The Balaban J connectivity index is 2.16. The molecule has 1 saturated heterocycles. The van der Waals surface area contributed by atoms with Crippen LogP contribution in [0, 0.1) is 10.8 Å². The van der Waals surface area contributed by atoms with Crippen LogP contribution in [0.25, 0.3) is 0 Å². The maximum absolute atomic E-state index is 11.5. The third-order valence-corrected chi connectivity index (χ3v) is 3.70. The van der Waals surface area contributed by atoms with Crippen LogP contribution < -0.4 is 0 Å². The number of carbonyl (C=O) groups is 1. The summed E-state index contributed by atoms with van der Waals surface area (Å²) < 4.78 is 10.5. The molecule has 0 bridgehead atoms. The van der Waals surface area contributed by atoms with Crippen LogP contribution >= 0.6 is 0 Å². The zero-order valence-electron chi connectivity index (χ0n) is 10.9. The van der Waals surface area contributed by atoms with Gasteiger partial charge < -0.3 is 9.47 Å². The molecular formula is C13H22O3. The van der Waals surface area contributed by atoms with Crippen LogP contribution in [0.4, 0.5) is 0 Å². The van der Waals surface area contributed by atoms with Gasteiger partial charge in [-0.05, 0) is 30.1 Å². The highest BCUT2D eigenvalue weighted by Gasteiger charge is 2.66. The summed E-state index contributed by atoms with van der Waals surface area (Å²) >= 11 is 0. The molecule has 0 aromatic carbocycles. The first-order chi connectivity index (χ1) is 7.20. The second-order valence-corrected chi connectivity index (χ2v) is 6.94. The molecule has 2 aliphatic rings. The number of ether oxygens (including phenoxy) is 2. The van der Waals surface area contributed by atoms with Crippen LogP contribution in [0.15, 0.2) is 0 Å². The quantitative estimate of drug-likeness (QED) is 0.509. The van der Waals surface area contributed by atoms with Gasteiger partial charge >= 0.3 is 5.97 Å². The molecule has 92 valence electrons. The van der Waals surface area contributed by atoms with Crippen molar-refractivity contribution >= 4 is 5.97 Å². The van der Waals surface area contributed by atoms with Gasteiger partial charge in [-0.25, -0.2) is 4.79 Å². The van der Waals surface area contributed by atoms with Crippen molar-refractivity contribution in [2.75, 3.05) is 7.11 Å². The molecule has 0 radical (unpaired) electrons. The Bertz CT molecular complexity index is 301. The van der Waals surface area contributed by atoms with Crippen molar-refractivity contribution in [1.29, 1.82) is 0 Å². The maximum atomic E-state index is 11.5. The average molecular weight is 226 g/mol. The fourth-order valence-electron chi connectivity index (χ4n) is 3.94. The number of esters is 1. The summed E-state index contributed by atoms with van der Waals surface area (Å²) in [5.74, 6) is -0.214. The van der Waals surface area contributed by atoms with Gasteiger partial charge in [0.15, 0.2) is 6.10 Å². The standard InChI is InChI=1S/C13H22O3/c1-11(2)6-12(3,4)8-13(7-11)9(16-13)10(14)15-5/h9H,6-8H2,1-5H3. The molecule has 1 saturated carbocycles. The van der Waals surface area contributed by atoms with Gasteiger partial charge in [-0.15, -0.1) is 0 Å². The van der Waals surface area contributed by atoms with E-state index in [4.69, 9.17) is 9.47 Å². The van der Waals surface area contributed by atoms with E-state index in [1.54, 1.807) is 0 Å². The number of carbonyl (C=O) groups excluding carboxylic acids is 1. The first-order valence-corrected chi connectivity index (χ1v) is 5.95. The Kier molecular flexibility index (Phi) is 2.40. The van der Waals surface area contributed by atoms with Crippen molar-refractivity contribution in [3.63, 3.8) is 0 Å². The summed E-state index contributed by atoms with van der Waals surface area (Å²) in [6.07, 6.45) is 2.78. The van der Waals surface area contributed by atoms with Crippen molar-refractivity contribution in [2.45, 2.75) is 58.7 Å². The molecule has 1 unspecified atom stereocenters. The first kappa shape index (κ1) is 11.9. The van der Waals surface area contributed by atoms with Crippen LogP contribution in [0.2, 0.25) is 0 Å². The van der Waals surface area contributed by atoms with E-state index in [1.165, 1.54) is 13.5 Å². The fourth-order valence-corrected chi connectivity index (χ4v) is 3.94. The van der Waals surface area contributed by atoms with E-state index >= 15 is 0 Å². The minimum Gasteiger partial charge on any atom is -0.467 e. The zero-order chi connectivity index (χ0) is 12.2. The number of hydrogen-bond acceptors (Lipinski definition) is 3. The lowest BCUT2D eigenvalue weighted by atomic mass is 9.60. The minimum absolute atomic E-state index is 0.214. The van der Waals surface area contributed by atoms with E-state index in [1.807, 2.05) is 0 Å². The minimum atomic E-state index is -0.323. The summed E-state index contributed by atoms with van der Waals surface area (Å²) in [7, 11) is 1.43. The van der Waals surface area contributed by atoms with E-state index < -0.39 is 0 Å². The third-order valence-electron chi connectivity index (χ3n) is 3.70. The van der Waals surface area contributed by atoms with Gasteiger partial charge in [0.1, 0.15) is 5.60 Å². The van der Waals surface area contributed by atoms with Gasteiger partial charge in [-0.2, -0.15) is 0 Å². The highest BCUT2D eigenvalue weighted by molar-refractivity contribution is 5.79. The molecule has 3 nitrogen and oxygen atoms in total. The summed E-state index contributed by atoms with van der Waals surface area (Å²) in [4.78, 5) is 11.5. The van der Waals surface area contributed by atoms with Gasteiger partial charge in [0.05, 0.1) is 7.11 Å². The smallest absolute Gasteiger partial charge is 0.338 e. The van der Waals surface area contributed by atoms with Crippen LogP contribution in [-0.4, -0.2) is 24.8 Å². The molecule has 1 aliphatic carbocycles. The predicted octanol–water partition coefficient (Wildman–Crippen LogP) is 2.53. The molecule has 0 aromatic rings. The molecule has 1 heterocycles. The van der Waals surface area contributed by atoms with E-state index in [0.29, 0.717) is 0 Å². The molecule has 1 atom stereocenters. The predicted molar refractivity (Wildman–Crippen MR) is 61.0 cm³/mol. The Hall–Kier alpha value is -0.570. The van der Waals surface area contributed by atoms with E-state index in [-0.39, 0.29) is 28.5 Å². The first-order valence-electron chi connectivity index (χ1n) is 5.95. The number of methoxy groups -OCH3 is 1. The zero-order valence-corrected chi connectivity index (χ0v) is 10.9. The molecule has 1 aliphatic heterocycles. The lowest BCUT2D eigenvalue weighted by Crippen LogP contribution is -2.41. The summed E-state index contributed by atoms with van der Waals surface area (Å²) in [5, 5.41) is 0. The monoisotopic (exact) mass is 226 g/mol. The fraction of sp³-hybridized carbons (Fsp3) is 0.923. The lowest BCUT2D eigenvalue weighted by Gasteiger charge is -2.44. The molecule has 3 heteroatoms. The van der Waals surface area contributed by atoms with Crippen molar-refractivity contribution < 1.29 is 14.3 Å². The molecule has 2 rings (SSSR count). The molecule has 1 spiro atoms. The Labute approximate surface area is 97.5 Å². The Morgan fingerprint density at radius 3 is 2.06 bits per heavy atom. The van der Waals surface area contributed by atoms with Crippen molar-refractivity contribution in [3.8, 4) is 0 Å². The maximum Gasteiger partial charge on any atom is 0.338 e. The largest absolute Gasteiger partial charge is 0.467 e. The summed E-state index contributed by atoms with van der Waals surface area (Å²) in [6, 6.07) is 0. The molecule has 0 aromatic heterocycles. The van der Waals surface area contributed by atoms with Crippen molar-refractivity contribution in [2.24, 2.45) is 10.8 Å². The van der Waals surface area contributed by atoms with Crippen molar-refractivity contribution in [3.05, 3.63) is 0 Å². The molecule has 0 amide bonds. The van der Waals surface area contributed by atoms with Crippen LogP contribution in [0.5, 0.6) is 0 Å². The second-order valence-electron chi connectivity index (χ2n) is 6.94. The van der Waals surface area contributed by atoms with Gasteiger partial charge in [0.2, 0.25) is 0 Å². The SMILES string of the molecule is COC(=O)C1OC12CC(C)(C)CC(C)(C)C2. The molecule has 0 N–H and O–H groups in total. The highest BCUT2D eigenvalue weighted by Crippen LogP contribution is 2.59. The summed E-state index contributed by atoms with van der Waals surface area (Å²) in [5.41, 5.74) is 0.243. The average Bonchev–Trinajstić information content (AvgIpc) is 2.70. The third kappa shape index (κ3) is 1.97. The molecule has 16 heavy (non-hydrogen) atoms. The Morgan fingerprint density at radius 1 is 1.12 bits per heavy atom. The highest BCUT2D eigenvalue weighted by atomic mass is 16.7. The summed E-state index contributed by atoms with van der Waals surface area (Å²) in [6.45, 7) is 9.02. The van der Waals surface area contributed by atoms with E-state index in [9.17, 15) is 4.79 Å². The van der Waals surface area contributed by atoms with Crippen molar-refractivity contribution in [1.82, 2.24) is 0 Å². The van der Waals surface area contributed by atoms with Gasteiger partial charge in [0.25, 0.3) is 0 Å². The lowest BCUT2D eigenvalue weighted by molar-refractivity contribution is -0.142. The van der Waals surface area contributed by atoms with Gasteiger partial charge in [-0.1, -0.05) is 27.7 Å². The topological polar surface area (TPSA) is 38.8 Å². The number of rotatable bonds is 1. The molecular weight excluding hydrogens is 204 g/mol. The van der Waals surface area contributed by atoms with Gasteiger partial charge in [-0.3, -0.25) is 0 Å². The van der Waals surface area contributed by atoms with Crippen LogP contribution in [0.1, 0.15) is 47.0 Å². The molecule has 2 fully saturated rings. The normalized spacial score (nSPS) is 33.4.